The molecule has 1 fully saturated rings. The maximum Gasteiger partial charge on any atom is 0.264 e. The fourth-order valence-electron chi connectivity index (χ4n) is 4.42. The van der Waals surface area contributed by atoms with Crippen LogP contribution in [0.2, 0.25) is 0 Å². The lowest BCUT2D eigenvalue weighted by atomic mass is 9.79. The number of amidine groups is 1. The highest BCUT2D eigenvalue weighted by atomic mass is 16.5. The number of allylic oxidation sites excluding steroid dienone is 2. The van der Waals surface area contributed by atoms with Gasteiger partial charge in [-0.2, -0.15) is 10.8 Å². The molecule has 7 nitrogen and oxygen atoms in total. The Hall–Kier alpha value is -3.65. The van der Waals surface area contributed by atoms with Gasteiger partial charge in [-0.15, -0.1) is 4.59 Å². The van der Waals surface area contributed by atoms with Crippen molar-refractivity contribution < 1.29 is 14.4 Å². The summed E-state index contributed by atoms with van der Waals surface area (Å²) in [7, 11) is 0. The second-order valence-corrected chi connectivity index (χ2v) is 8.35. The molecule has 1 unspecified atom stereocenters. The third kappa shape index (κ3) is 3.06. The van der Waals surface area contributed by atoms with Crippen molar-refractivity contribution in [3.63, 3.8) is 0 Å². The molecule has 3 aromatic rings. The van der Waals surface area contributed by atoms with E-state index in [1.165, 1.54) is 0 Å². The molecule has 7 heteroatoms. The molecular formula is C25H22N5O2+. The standard InChI is InChI=1S/C25H22N5O2/c26-30-11-10-27-15-22(30)24(18-12-19(31)13-18)29-25(30)17-7-6-16-8-9-23(28-21(16)14-17)32-20-4-2-1-3-5-20/h1-11,14-15,18-19,31H,12-13,26H2/q+1. The predicted molar refractivity (Wildman–Crippen MR) is 123 cm³/mol. The first-order valence-corrected chi connectivity index (χ1v) is 10.6. The monoisotopic (exact) mass is 424 g/mol. The number of benzene rings is 2. The molecule has 158 valence electrons. The van der Waals surface area contributed by atoms with E-state index in [4.69, 9.17) is 20.6 Å². The van der Waals surface area contributed by atoms with Crippen LogP contribution >= 0.6 is 0 Å². The molecule has 0 bridgehead atoms. The number of para-hydroxylation sites is 1. The van der Waals surface area contributed by atoms with Crippen molar-refractivity contribution in [1.82, 2.24) is 4.98 Å². The summed E-state index contributed by atoms with van der Waals surface area (Å²) in [6.45, 7) is 0. The fraction of sp³-hybridized carbons (Fsp3) is 0.160. The lowest BCUT2D eigenvalue weighted by Crippen LogP contribution is -2.53. The van der Waals surface area contributed by atoms with E-state index in [9.17, 15) is 5.11 Å². The molecule has 3 aliphatic rings. The van der Waals surface area contributed by atoms with E-state index in [-0.39, 0.29) is 16.6 Å². The van der Waals surface area contributed by atoms with E-state index in [1.54, 1.807) is 12.4 Å². The Morgan fingerprint density at radius 1 is 1.03 bits per heavy atom. The number of aliphatic hydroxyl groups is 1. The maximum absolute atomic E-state index is 9.80. The molecule has 1 aliphatic carbocycles. The summed E-state index contributed by atoms with van der Waals surface area (Å²) in [6.07, 6.45) is 6.45. The van der Waals surface area contributed by atoms with Crippen molar-refractivity contribution in [1.29, 1.82) is 0 Å². The summed E-state index contributed by atoms with van der Waals surface area (Å²) in [5.74, 6) is 9.00. The zero-order valence-corrected chi connectivity index (χ0v) is 17.3. The average Bonchev–Trinajstić information content (AvgIpc) is 3.10. The Balaban J connectivity index is 1.39. The van der Waals surface area contributed by atoms with E-state index in [1.807, 2.05) is 66.9 Å². The number of nitrogens with two attached hydrogens (primary N) is 1. The average molecular weight is 424 g/mol. The topological polar surface area (TPSA) is 93.1 Å². The number of nitrogens with zero attached hydrogens (tertiary/aromatic N) is 4. The third-order valence-corrected chi connectivity index (χ3v) is 6.21. The van der Waals surface area contributed by atoms with Crippen LogP contribution in [0.25, 0.3) is 10.9 Å². The Morgan fingerprint density at radius 2 is 1.84 bits per heavy atom. The number of fused-ring (bicyclic) bond motifs is 2. The molecule has 1 aromatic heterocycles. The third-order valence-electron chi connectivity index (χ3n) is 6.21. The Labute approximate surface area is 185 Å². The number of aromatic nitrogens is 1. The van der Waals surface area contributed by atoms with Gasteiger partial charge in [-0.05, 0) is 43.2 Å². The molecule has 2 aliphatic heterocycles. The van der Waals surface area contributed by atoms with Gasteiger partial charge in [0.25, 0.3) is 5.84 Å². The lowest BCUT2D eigenvalue weighted by Gasteiger charge is -2.31. The van der Waals surface area contributed by atoms with Gasteiger partial charge in [0.05, 0.1) is 29.6 Å². The molecule has 0 radical (unpaired) electrons. The van der Waals surface area contributed by atoms with Crippen LogP contribution in [0.5, 0.6) is 11.6 Å². The second-order valence-electron chi connectivity index (χ2n) is 8.35. The molecule has 3 N–H and O–H groups in total. The quantitative estimate of drug-likeness (QED) is 0.489. The highest BCUT2D eigenvalue weighted by Gasteiger charge is 2.47. The van der Waals surface area contributed by atoms with E-state index in [0.717, 1.165) is 39.4 Å². The number of aliphatic hydroxyl groups excluding tert-OH is 1. The van der Waals surface area contributed by atoms with Crippen molar-refractivity contribution >= 4 is 23.0 Å². The minimum Gasteiger partial charge on any atom is -0.439 e. The van der Waals surface area contributed by atoms with Gasteiger partial charge in [0.2, 0.25) is 11.6 Å². The van der Waals surface area contributed by atoms with Gasteiger partial charge in [0.15, 0.2) is 0 Å². The molecule has 3 heterocycles. The van der Waals surface area contributed by atoms with Gasteiger partial charge in [0.1, 0.15) is 17.6 Å². The number of hydrogen-bond acceptors (Lipinski definition) is 6. The SMILES string of the molecule is N[N+]12C=CN=CC1=C(C1CC(O)C1)N=C2c1ccc2ccc(Oc3ccccc3)nc2c1. The molecule has 1 saturated carbocycles. The van der Waals surface area contributed by atoms with Gasteiger partial charge in [-0.1, -0.05) is 24.3 Å². The van der Waals surface area contributed by atoms with Crippen LogP contribution in [0.3, 0.4) is 0 Å². The van der Waals surface area contributed by atoms with Crippen LogP contribution in [0.1, 0.15) is 18.4 Å². The van der Waals surface area contributed by atoms with Crippen LogP contribution in [0.15, 0.2) is 94.4 Å². The summed E-state index contributed by atoms with van der Waals surface area (Å²) in [5, 5.41) is 10.8. The Morgan fingerprint density at radius 3 is 2.66 bits per heavy atom. The summed E-state index contributed by atoms with van der Waals surface area (Å²) in [6, 6.07) is 19.5. The first kappa shape index (κ1) is 19.1. The van der Waals surface area contributed by atoms with Crippen LogP contribution in [-0.4, -0.2) is 32.8 Å². The summed E-state index contributed by atoms with van der Waals surface area (Å²) in [5.41, 5.74) is 3.45. The maximum atomic E-state index is 9.80. The molecule has 2 aromatic carbocycles. The number of hydrogen-bond donors (Lipinski definition) is 2. The van der Waals surface area contributed by atoms with E-state index < -0.39 is 0 Å². The van der Waals surface area contributed by atoms with Gasteiger partial charge in [-0.3, -0.25) is 4.99 Å². The van der Waals surface area contributed by atoms with Gasteiger partial charge < -0.3 is 9.84 Å². The van der Waals surface area contributed by atoms with Crippen LogP contribution in [-0.2, 0) is 0 Å². The van der Waals surface area contributed by atoms with Crippen LogP contribution in [0.4, 0.5) is 0 Å². The van der Waals surface area contributed by atoms with Crippen molar-refractivity contribution in [2.45, 2.75) is 18.9 Å². The Kier molecular flexibility index (Phi) is 4.29. The fourth-order valence-corrected chi connectivity index (χ4v) is 4.42. The van der Waals surface area contributed by atoms with E-state index in [0.29, 0.717) is 18.7 Å². The van der Waals surface area contributed by atoms with Crippen molar-refractivity contribution in [3.05, 3.63) is 90.0 Å². The highest BCUT2D eigenvalue weighted by Crippen LogP contribution is 2.42. The zero-order valence-electron chi connectivity index (χ0n) is 17.3. The predicted octanol–water partition coefficient (Wildman–Crippen LogP) is 4.02. The lowest BCUT2D eigenvalue weighted by molar-refractivity contribution is -0.750. The number of pyridine rings is 1. The molecular weight excluding hydrogens is 402 g/mol. The molecule has 1 atom stereocenters. The molecule has 6 rings (SSSR count). The minimum absolute atomic E-state index is 0.0306. The van der Waals surface area contributed by atoms with Gasteiger partial charge in [-0.25, -0.2) is 4.98 Å². The first-order chi connectivity index (χ1) is 15.6. The second kappa shape index (κ2) is 7.20. The zero-order chi connectivity index (χ0) is 21.7. The van der Waals surface area contributed by atoms with E-state index >= 15 is 0 Å². The largest absolute Gasteiger partial charge is 0.439 e. The van der Waals surface area contributed by atoms with Crippen molar-refractivity contribution in [2.24, 2.45) is 21.7 Å². The van der Waals surface area contributed by atoms with Crippen LogP contribution in [0, 0.1) is 5.92 Å². The van der Waals surface area contributed by atoms with Crippen molar-refractivity contribution in [2.75, 3.05) is 0 Å². The number of aliphatic imine (C=N–C) groups is 2. The summed E-state index contributed by atoms with van der Waals surface area (Å²) in [4.78, 5) is 13.9. The number of ether oxygens (including phenoxy) is 1. The molecule has 0 saturated heterocycles. The number of rotatable bonds is 4. The van der Waals surface area contributed by atoms with E-state index in [2.05, 4.69) is 4.99 Å². The molecule has 0 spiro atoms. The Bertz CT molecular complexity index is 1340. The van der Waals surface area contributed by atoms with Gasteiger partial charge >= 0.3 is 0 Å². The smallest absolute Gasteiger partial charge is 0.264 e. The minimum atomic E-state index is -0.268. The van der Waals surface area contributed by atoms with Gasteiger partial charge in [0, 0.05) is 17.4 Å². The molecule has 0 amide bonds. The van der Waals surface area contributed by atoms with Crippen LogP contribution < -0.4 is 10.6 Å². The van der Waals surface area contributed by atoms with Crippen molar-refractivity contribution in [3.8, 4) is 11.6 Å². The summed E-state index contributed by atoms with van der Waals surface area (Å²) < 4.78 is 5.88. The number of quaternary nitrogens is 1. The highest BCUT2D eigenvalue weighted by molar-refractivity contribution is 6.02. The normalized spacial score (nSPS) is 26.1. The molecule has 32 heavy (non-hydrogen) atoms. The summed E-state index contributed by atoms with van der Waals surface area (Å²) >= 11 is 0. The first-order valence-electron chi connectivity index (χ1n) is 10.6.